The van der Waals surface area contributed by atoms with Gasteiger partial charge in [-0.15, -0.1) is 0 Å². The molecule has 0 atom stereocenters. The Kier molecular flexibility index (Phi) is 4.62. The van der Waals surface area contributed by atoms with E-state index in [2.05, 4.69) is 31.5 Å². The third kappa shape index (κ3) is 3.49. The topological polar surface area (TPSA) is 54.0 Å². The van der Waals surface area contributed by atoms with E-state index < -0.39 is 0 Å². The number of benzene rings is 1. The van der Waals surface area contributed by atoms with Crippen molar-refractivity contribution in [1.29, 1.82) is 0 Å². The fourth-order valence-electron chi connectivity index (χ4n) is 1.67. The van der Waals surface area contributed by atoms with Gasteiger partial charge in [0.15, 0.2) is 0 Å². The van der Waals surface area contributed by atoms with E-state index in [-0.39, 0.29) is 11.1 Å². The number of aryl methyl sites for hydroxylation is 1. The third-order valence-corrected chi connectivity index (χ3v) is 3.53. The zero-order valence-corrected chi connectivity index (χ0v) is 13.3. The van der Waals surface area contributed by atoms with E-state index in [9.17, 15) is 4.79 Å². The van der Waals surface area contributed by atoms with Gasteiger partial charge < -0.3 is 10.6 Å². The highest BCUT2D eigenvalue weighted by molar-refractivity contribution is 9.10. The normalized spacial score (nSPS) is 10.2. The molecule has 6 heteroatoms. The van der Waals surface area contributed by atoms with Gasteiger partial charge in [-0.3, -0.25) is 4.79 Å². The molecule has 1 aromatic heterocycles. The molecule has 1 heterocycles. The van der Waals surface area contributed by atoms with Crippen LogP contribution in [0.5, 0.6) is 0 Å². The monoisotopic (exact) mass is 353 g/mol. The number of nitrogens with one attached hydrogen (secondary N) is 2. The van der Waals surface area contributed by atoms with Gasteiger partial charge in [0.25, 0.3) is 5.91 Å². The summed E-state index contributed by atoms with van der Waals surface area (Å²) in [5, 5.41) is 5.96. The Morgan fingerprint density at radius 1 is 1.30 bits per heavy atom. The summed E-state index contributed by atoms with van der Waals surface area (Å²) in [5.41, 5.74) is 2.26. The molecule has 0 aliphatic heterocycles. The van der Waals surface area contributed by atoms with Crippen molar-refractivity contribution in [2.75, 3.05) is 17.7 Å². The first-order valence-electron chi connectivity index (χ1n) is 5.92. The van der Waals surface area contributed by atoms with Crippen molar-refractivity contribution < 1.29 is 4.79 Å². The van der Waals surface area contributed by atoms with E-state index in [4.69, 9.17) is 11.6 Å². The minimum Gasteiger partial charge on any atom is -0.373 e. The summed E-state index contributed by atoms with van der Waals surface area (Å²) in [7, 11) is 1.72. The maximum absolute atomic E-state index is 12.2. The summed E-state index contributed by atoms with van der Waals surface area (Å²) in [6.07, 6.45) is 0. The van der Waals surface area contributed by atoms with Crippen LogP contribution in [0.25, 0.3) is 0 Å². The lowest BCUT2D eigenvalue weighted by molar-refractivity contribution is 0.102. The quantitative estimate of drug-likeness (QED) is 0.816. The summed E-state index contributed by atoms with van der Waals surface area (Å²) in [5.74, 6) is 0.306. The molecule has 0 radical (unpaired) electrons. The fraction of sp³-hybridized carbons (Fsp3) is 0.143. The van der Waals surface area contributed by atoms with Crippen LogP contribution in [-0.2, 0) is 0 Å². The molecule has 2 rings (SSSR count). The number of nitrogens with zero attached hydrogens (tertiary/aromatic N) is 1. The van der Waals surface area contributed by atoms with Gasteiger partial charge in [0.2, 0.25) is 0 Å². The zero-order chi connectivity index (χ0) is 14.7. The Morgan fingerprint density at radius 2 is 2.05 bits per heavy atom. The largest absolute Gasteiger partial charge is 0.373 e. The molecule has 104 valence electrons. The highest BCUT2D eigenvalue weighted by atomic mass is 79.9. The van der Waals surface area contributed by atoms with Crippen molar-refractivity contribution in [1.82, 2.24) is 4.98 Å². The van der Waals surface area contributed by atoms with Crippen molar-refractivity contribution in [3.63, 3.8) is 0 Å². The molecule has 1 aromatic carbocycles. The van der Waals surface area contributed by atoms with Crippen LogP contribution in [0.3, 0.4) is 0 Å². The average Bonchev–Trinajstić information content (AvgIpc) is 2.41. The van der Waals surface area contributed by atoms with Gasteiger partial charge in [-0.2, -0.15) is 0 Å². The van der Waals surface area contributed by atoms with Crippen molar-refractivity contribution >= 4 is 44.9 Å². The Morgan fingerprint density at radius 3 is 2.70 bits per heavy atom. The highest BCUT2D eigenvalue weighted by Crippen LogP contribution is 2.24. The molecule has 1 amide bonds. The van der Waals surface area contributed by atoms with Crippen LogP contribution >= 0.6 is 27.5 Å². The first-order chi connectivity index (χ1) is 9.49. The molecule has 2 N–H and O–H groups in total. The zero-order valence-electron chi connectivity index (χ0n) is 11.0. The molecule has 0 unspecified atom stereocenters. The minimum atomic E-state index is -0.240. The summed E-state index contributed by atoms with van der Waals surface area (Å²) in [4.78, 5) is 16.3. The Hall–Kier alpha value is -1.59. The Labute approximate surface area is 130 Å². The molecule has 20 heavy (non-hydrogen) atoms. The maximum Gasteiger partial charge on any atom is 0.255 e. The second-order valence-electron chi connectivity index (χ2n) is 4.25. The van der Waals surface area contributed by atoms with Gasteiger partial charge in [-0.25, -0.2) is 4.98 Å². The number of amides is 1. The fourth-order valence-corrected chi connectivity index (χ4v) is 2.47. The number of hydrogen-bond donors (Lipinski definition) is 2. The van der Waals surface area contributed by atoms with E-state index in [0.29, 0.717) is 17.1 Å². The molecule has 0 fully saturated rings. The molecular formula is C14H13BrClN3O. The van der Waals surface area contributed by atoms with Crippen molar-refractivity contribution in [2.45, 2.75) is 6.92 Å². The van der Waals surface area contributed by atoms with Gasteiger partial charge >= 0.3 is 0 Å². The summed E-state index contributed by atoms with van der Waals surface area (Å²) in [6.45, 7) is 1.98. The number of hydrogen-bond acceptors (Lipinski definition) is 3. The minimum absolute atomic E-state index is 0.240. The summed E-state index contributed by atoms with van der Waals surface area (Å²) >= 11 is 9.31. The lowest BCUT2D eigenvalue weighted by Gasteiger charge is -2.09. The molecule has 0 aliphatic rings. The number of aromatic nitrogens is 1. The van der Waals surface area contributed by atoms with Crippen LogP contribution < -0.4 is 10.6 Å². The molecule has 0 saturated heterocycles. The van der Waals surface area contributed by atoms with Gasteiger partial charge in [0, 0.05) is 17.1 Å². The Bertz CT molecular complexity index is 661. The van der Waals surface area contributed by atoms with E-state index in [1.54, 1.807) is 13.1 Å². The van der Waals surface area contributed by atoms with Crippen molar-refractivity contribution in [3.05, 3.63) is 51.1 Å². The smallest absolute Gasteiger partial charge is 0.255 e. The van der Waals surface area contributed by atoms with E-state index >= 15 is 0 Å². The lowest BCUT2D eigenvalue weighted by atomic mass is 10.2. The molecule has 0 spiro atoms. The number of pyridine rings is 1. The van der Waals surface area contributed by atoms with Crippen LogP contribution in [0.1, 0.15) is 15.9 Å². The van der Waals surface area contributed by atoms with Crippen LogP contribution in [-0.4, -0.2) is 17.9 Å². The van der Waals surface area contributed by atoms with Crippen LogP contribution in [0.15, 0.2) is 34.8 Å². The summed E-state index contributed by atoms with van der Waals surface area (Å²) in [6, 6.07) is 8.88. The van der Waals surface area contributed by atoms with Crippen LogP contribution in [0.2, 0.25) is 5.15 Å². The van der Waals surface area contributed by atoms with Gasteiger partial charge in [-0.05, 0) is 52.7 Å². The number of carbonyl (C=O) groups excluding carboxylic acids is 1. The number of halogens is 2. The number of carbonyl (C=O) groups is 1. The van der Waals surface area contributed by atoms with E-state index in [0.717, 1.165) is 10.0 Å². The maximum atomic E-state index is 12.2. The Balaban J connectivity index is 2.26. The second-order valence-corrected chi connectivity index (χ2v) is 5.49. The van der Waals surface area contributed by atoms with E-state index in [1.165, 1.54) is 6.07 Å². The standard InChI is InChI=1S/C14H13BrClN3O/c1-8-3-4-11(10(15)5-8)18-14(20)9-6-12(16)19-13(7-9)17-2/h3-7H,1-2H3,(H,17,19)(H,18,20). The third-order valence-electron chi connectivity index (χ3n) is 2.69. The lowest BCUT2D eigenvalue weighted by Crippen LogP contribution is -2.13. The van der Waals surface area contributed by atoms with Crippen LogP contribution in [0.4, 0.5) is 11.5 Å². The van der Waals surface area contributed by atoms with Gasteiger partial charge in [-0.1, -0.05) is 17.7 Å². The van der Waals surface area contributed by atoms with Crippen molar-refractivity contribution in [2.24, 2.45) is 0 Å². The predicted octanol–water partition coefficient (Wildman–Crippen LogP) is 4.10. The molecule has 0 aliphatic carbocycles. The van der Waals surface area contributed by atoms with Crippen LogP contribution in [0, 0.1) is 6.92 Å². The SMILES string of the molecule is CNc1cc(C(=O)Nc2ccc(C)cc2Br)cc(Cl)n1. The molecule has 0 bridgehead atoms. The number of anilines is 2. The van der Waals surface area contributed by atoms with Gasteiger partial charge in [0.1, 0.15) is 11.0 Å². The molecule has 2 aromatic rings. The first kappa shape index (κ1) is 14.8. The average molecular weight is 355 g/mol. The van der Waals surface area contributed by atoms with Gasteiger partial charge in [0.05, 0.1) is 5.69 Å². The van der Waals surface area contributed by atoms with E-state index in [1.807, 2.05) is 25.1 Å². The predicted molar refractivity (Wildman–Crippen MR) is 85.6 cm³/mol. The van der Waals surface area contributed by atoms with Crippen molar-refractivity contribution in [3.8, 4) is 0 Å². The second kappa shape index (κ2) is 6.24. The summed E-state index contributed by atoms with van der Waals surface area (Å²) < 4.78 is 0.833. The molecular weight excluding hydrogens is 342 g/mol. The number of rotatable bonds is 3. The molecule has 4 nitrogen and oxygen atoms in total. The highest BCUT2D eigenvalue weighted by Gasteiger charge is 2.11. The molecule has 0 saturated carbocycles. The first-order valence-corrected chi connectivity index (χ1v) is 7.09.